The predicted octanol–water partition coefficient (Wildman–Crippen LogP) is 2.13. The van der Waals surface area contributed by atoms with Gasteiger partial charge in [0.25, 0.3) is 5.56 Å². The van der Waals surface area contributed by atoms with Gasteiger partial charge in [0.15, 0.2) is 0 Å². The lowest BCUT2D eigenvalue weighted by atomic mass is 9.97. The molecule has 3 rings (SSSR count). The number of rotatable bonds is 5. The Morgan fingerprint density at radius 2 is 1.68 bits per heavy atom. The Morgan fingerprint density at radius 3 is 2.26 bits per heavy atom. The van der Waals surface area contributed by atoms with Crippen LogP contribution in [0.4, 0.5) is 4.79 Å². The van der Waals surface area contributed by atoms with E-state index in [9.17, 15) is 19.2 Å². The molecule has 1 amide bonds. The minimum Gasteiger partial charge on any atom is -0.464 e. The summed E-state index contributed by atoms with van der Waals surface area (Å²) in [5.74, 6) is -2.50. The largest absolute Gasteiger partial charge is 0.464 e. The molecule has 0 bridgehead atoms. The Kier molecular flexibility index (Phi) is 7.67. The summed E-state index contributed by atoms with van der Waals surface area (Å²) < 4.78 is 21.8. The topological polar surface area (TPSA) is 126 Å². The van der Waals surface area contributed by atoms with Crippen molar-refractivity contribution in [2.24, 2.45) is 5.41 Å². The second kappa shape index (κ2) is 10.5. The molecule has 0 radical (unpaired) electrons. The van der Waals surface area contributed by atoms with Gasteiger partial charge in [-0.1, -0.05) is 39.0 Å². The van der Waals surface area contributed by atoms with E-state index in [0.717, 1.165) is 11.7 Å². The number of carbonyl (C=O) groups excluding carboxylic acids is 3. The molecule has 0 unspecified atom stereocenters. The molecule has 0 atom stereocenters. The van der Waals surface area contributed by atoms with Crippen LogP contribution in [0.25, 0.3) is 0 Å². The van der Waals surface area contributed by atoms with E-state index < -0.39 is 46.5 Å². The van der Waals surface area contributed by atoms with Crippen LogP contribution in [0, 0.1) is 5.41 Å². The van der Waals surface area contributed by atoms with Crippen molar-refractivity contribution >= 4 is 18.0 Å². The van der Waals surface area contributed by atoms with Gasteiger partial charge in [0.2, 0.25) is 11.4 Å². The van der Waals surface area contributed by atoms with Crippen LogP contribution in [0.3, 0.4) is 0 Å². The molecule has 1 aromatic carbocycles. The minimum absolute atomic E-state index is 0.0574. The van der Waals surface area contributed by atoms with Gasteiger partial charge in [-0.05, 0) is 17.5 Å². The van der Waals surface area contributed by atoms with Crippen molar-refractivity contribution in [1.29, 1.82) is 0 Å². The van der Waals surface area contributed by atoms with E-state index in [1.807, 2.05) is 20.8 Å². The van der Waals surface area contributed by atoms with Crippen molar-refractivity contribution < 1.29 is 33.3 Å². The number of aromatic nitrogens is 2. The van der Waals surface area contributed by atoms with Crippen molar-refractivity contribution in [1.82, 2.24) is 14.5 Å². The number of hydrogen-bond donors (Lipinski definition) is 0. The lowest BCUT2D eigenvalue weighted by Gasteiger charge is -2.27. The van der Waals surface area contributed by atoms with Crippen LogP contribution in [0.1, 0.15) is 41.6 Å². The normalized spacial score (nSPS) is 13.8. The third-order valence-electron chi connectivity index (χ3n) is 4.76. The molecule has 1 fully saturated rings. The molecular weight excluding hydrogens is 446 g/mol. The molecule has 0 aliphatic carbocycles. The molecule has 0 spiro atoms. The number of ether oxygens (including phenoxy) is 4. The number of morpholine rings is 1. The standard InChI is InChI=1S/C23H27N3O8/c1-23(2,3)14-26-18(27)17(33-19(28)15-8-6-5-7-9-15)16(20(29)31-4)24-21(26)34-22(30)25-10-12-32-13-11-25/h5-9H,10-14H2,1-4H3. The lowest BCUT2D eigenvalue weighted by Crippen LogP contribution is -2.43. The first-order valence-corrected chi connectivity index (χ1v) is 10.7. The van der Waals surface area contributed by atoms with E-state index in [-0.39, 0.29) is 12.1 Å². The third-order valence-corrected chi connectivity index (χ3v) is 4.76. The fraction of sp³-hybridized carbons (Fsp3) is 0.435. The molecule has 182 valence electrons. The van der Waals surface area contributed by atoms with Crippen molar-refractivity contribution in [3.05, 3.63) is 51.9 Å². The second-order valence-electron chi connectivity index (χ2n) is 8.74. The zero-order chi connectivity index (χ0) is 24.9. The van der Waals surface area contributed by atoms with Crippen LogP contribution in [0.5, 0.6) is 11.8 Å². The SMILES string of the molecule is COC(=O)c1nc(OC(=O)N2CCOCC2)n(CC(C)(C)C)c(=O)c1OC(=O)c1ccccc1. The highest BCUT2D eigenvalue weighted by Gasteiger charge is 2.30. The molecule has 2 aromatic rings. The molecule has 0 saturated carbocycles. The Labute approximate surface area is 196 Å². The first kappa shape index (κ1) is 24.9. The summed E-state index contributed by atoms with van der Waals surface area (Å²) >= 11 is 0. The number of benzene rings is 1. The first-order valence-electron chi connectivity index (χ1n) is 10.7. The maximum atomic E-state index is 13.4. The van der Waals surface area contributed by atoms with Gasteiger partial charge >= 0.3 is 24.0 Å². The molecule has 11 heteroatoms. The van der Waals surface area contributed by atoms with Crippen LogP contribution < -0.4 is 15.0 Å². The summed E-state index contributed by atoms with van der Waals surface area (Å²) in [5, 5.41) is 0. The molecule has 0 N–H and O–H groups in total. The highest BCUT2D eigenvalue weighted by Crippen LogP contribution is 2.23. The van der Waals surface area contributed by atoms with Crippen molar-refractivity contribution in [2.45, 2.75) is 27.3 Å². The third kappa shape index (κ3) is 5.98. The van der Waals surface area contributed by atoms with Gasteiger partial charge in [-0.2, -0.15) is 4.98 Å². The number of carbonyl (C=O) groups is 3. The summed E-state index contributed by atoms with van der Waals surface area (Å²) in [5.41, 5.74) is -1.73. The molecule has 2 heterocycles. The Bertz CT molecular complexity index is 1120. The zero-order valence-corrected chi connectivity index (χ0v) is 19.5. The average Bonchev–Trinajstić information content (AvgIpc) is 2.82. The molecule has 1 aliphatic rings. The van der Waals surface area contributed by atoms with Gasteiger partial charge < -0.3 is 23.8 Å². The summed E-state index contributed by atoms with van der Waals surface area (Å²) in [6.07, 6.45) is -0.747. The maximum absolute atomic E-state index is 13.4. The van der Waals surface area contributed by atoms with E-state index >= 15 is 0 Å². The number of nitrogens with zero attached hydrogens (tertiary/aromatic N) is 3. The lowest BCUT2D eigenvalue weighted by molar-refractivity contribution is 0.0397. The zero-order valence-electron chi connectivity index (χ0n) is 19.5. The summed E-state index contributed by atoms with van der Waals surface area (Å²) in [4.78, 5) is 56.7. The summed E-state index contributed by atoms with van der Waals surface area (Å²) in [6.45, 7) is 6.93. The highest BCUT2D eigenvalue weighted by atomic mass is 16.6. The Hall–Kier alpha value is -3.73. The van der Waals surface area contributed by atoms with Crippen molar-refractivity contribution in [3.63, 3.8) is 0 Å². The predicted molar refractivity (Wildman–Crippen MR) is 119 cm³/mol. The minimum atomic E-state index is -1.03. The molecular formula is C23H27N3O8. The summed E-state index contributed by atoms with van der Waals surface area (Å²) in [6, 6.07) is 7.56. The van der Waals surface area contributed by atoms with E-state index in [2.05, 4.69) is 4.98 Å². The van der Waals surface area contributed by atoms with Crippen LogP contribution in [0.2, 0.25) is 0 Å². The van der Waals surface area contributed by atoms with Gasteiger partial charge in [-0.25, -0.2) is 14.4 Å². The number of hydrogen-bond acceptors (Lipinski definition) is 9. The fourth-order valence-corrected chi connectivity index (χ4v) is 3.15. The van der Waals surface area contributed by atoms with E-state index in [1.54, 1.807) is 18.2 Å². The maximum Gasteiger partial charge on any atom is 0.417 e. The Morgan fingerprint density at radius 1 is 1.03 bits per heavy atom. The van der Waals surface area contributed by atoms with Gasteiger partial charge in [0.05, 0.1) is 25.9 Å². The van der Waals surface area contributed by atoms with Crippen molar-refractivity contribution in [2.75, 3.05) is 33.4 Å². The van der Waals surface area contributed by atoms with E-state index in [0.29, 0.717) is 26.3 Å². The molecule has 34 heavy (non-hydrogen) atoms. The smallest absolute Gasteiger partial charge is 0.417 e. The highest BCUT2D eigenvalue weighted by molar-refractivity contribution is 5.95. The number of methoxy groups -OCH3 is 1. The molecule has 11 nitrogen and oxygen atoms in total. The van der Waals surface area contributed by atoms with Gasteiger partial charge in [0.1, 0.15) is 0 Å². The number of amides is 1. The monoisotopic (exact) mass is 473 g/mol. The fourth-order valence-electron chi connectivity index (χ4n) is 3.15. The molecule has 1 saturated heterocycles. The second-order valence-corrected chi connectivity index (χ2v) is 8.74. The van der Waals surface area contributed by atoms with Crippen LogP contribution in [0.15, 0.2) is 35.1 Å². The molecule has 1 aliphatic heterocycles. The van der Waals surface area contributed by atoms with Crippen LogP contribution in [-0.4, -0.2) is 65.9 Å². The van der Waals surface area contributed by atoms with E-state index in [4.69, 9.17) is 18.9 Å². The van der Waals surface area contributed by atoms with Crippen molar-refractivity contribution in [3.8, 4) is 11.8 Å². The summed E-state index contributed by atoms with van der Waals surface area (Å²) in [7, 11) is 1.09. The van der Waals surface area contributed by atoms with Gasteiger partial charge in [0, 0.05) is 19.6 Å². The average molecular weight is 473 g/mol. The Balaban J connectivity index is 2.08. The van der Waals surface area contributed by atoms with Crippen LogP contribution in [-0.2, 0) is 16.0 Å². The first-order chi connectivity index (χ1) is 16.1. The van der Waals surface area contributed by atoms with Crippen LogP contribution >= 0.6 is 0 Å². The van der Waals surface area contributed by atoms with Gasteiger partial charge in [-0.15, -0.1) is 0 Å². The van der Waals surface area contributed by atoms with Gasteiger partial charge in [-0.3, -0.25) is 9.36 Å². The quantitative estimate of drug-likeness (QED) is 0.600. The molecule has 1 aromatic heterocycles. The number of esters is 2. The van der Waals surface area contributed by atoms with E-state index in [1.165, 1.54) is 17.0 Å².